The summed E-state index contributed by atoms with van der Waals surface area (Å²) in [7, 11) is 0. The number of aromatic hydroxyl groups is 1. The topological polar surface area (TPSA) is 83.5 Å². The fourth-order valence-corrected chi connectivity index (χ4v) is 0.682. The lowest BCUT2D eigenvalue weighted by molar-refractivity contribution is 0.0998. The van der Waals surface area contributed by atoms with Crippen molar-refractivity contribution in [2.75, 3.05) is 6.61 Å². The number of carbonyl (C=O) groups is 1. The Hall–Kier alpha value is -1.55. The first-order valence-corrected chi connectivity index (χ1v) is 3.82. The lowest BCUT2D eigenvalue weighted by Gasteiger charge is -1.96. The molecule has 0 saturated carbocycles. The Bertz CT molecular complexity index is 273. The van der Waals surface area contributed by atoms with Crippen LogP contribution in [0.1, 0.15) is 17.3 Å². The molecule has 1 amide bonds. The van der Waals surface area contributed by atoms with Crippen molar-refractivity contribution in [3.63, 3.8) is 0 Å². The van der Waals surface area contributed by atoms with Gasteiger partial charge >= 0.3 is 0 Å². The summed E-state index contributed by atoms with van der Waals surface area (Å²) in [5, 5.41) is 16.5. The summed E-state index contributed by atoms with van der Waals surface area (Å²) in [6.45, 7) is 1.93. The van der Waals surface area contributed by atoms with Gasteiger partial charge in [0, 0.05) is 6.61 Å². The number of para-hydroxylation sites is 1. The molecule has 1 aromatic rings. The fourth-order valence-electron chi connectivity index (χ4n) is 0.682. The van der Waals surface area contributed by atoms with E-state index in [1.807, 2.05) is 0 Å². The van der Waals surface area contributed by atoms with Crippen LogP contribution in [0.15, 0.2) is 24.3 Å². The first-order chi connectivity index (χ1) is 6.13. The van der Waals surface area contributed by atoms with Gasteiger partial charge in [0.15, 0.2) is 0 Å². The van der Waals surface area contributed by atoms with Gasteiger partial charge in [-0.15, -0.1) is 0 Å². The van der Waals surface area contributed by atoms with E-state index >= 15 is 0 Å². The van der Waals surface area contributed by atoms with Crippen LogP contribution in [0.5, 0.6) is 5.75 Å². The maximum Gasteiger partial charge on any atom is 0.252 e. The third-order valence-electron chi connectivity index (χ3n) is 1.17. The number of aliphatic hydroxyl groups excluding tert-OH is 1. The number of rotatable bonds is 1. The monoisotopic (exact) mass is 183 g/mol. The van der Waals surface area contributed by atoms with Gasteiger partial charge in [-0.25, -0.2) is 0 Å². The summed E-state index contributed by atoms with van der Waals surface area (Å²) >= 11 is 0. The maximum atomic E-state index is 10.5. The van der Waals surface area contributed by atoms with Gasteiger partial charge in [0.2, 0.25) is 0 Å². The molecule has 1 rings (SSSR count). The predicted molar refractivity (Wildman–Crippen MR) is 49.4 cm³/mol. The summed E-state index contributed by atoms with van der Waals surface area (Å²) < 4.78 is 0. The van der Waals surface area contributed by atoms with Crippen molar-refractivity contribution in [3.8, 4) is 5.75 Å². The van der Waals surface area contributed by atoms with Crippen molar-refractivity contribution < 1.29 is 15.0 Å². The van der Waals surface area contributed by atoms with Crippen LogP contribution in [0.25, 0.3) is 0 Å². The van der Waals surface area contributed by atoms with Crippen LogP contribution in [-0.4, -0.2) is 22.7 Å². The summed E-state index contributed by atoms with van der Waals surface area (Å²) in [4.78, 5) is 10.5. The first-order valence-electron chi connectivity index (χ1n) is 3.82. The molecule has 0 saturated heterocycles. The first kappa shape index (κ1) is 11.4. The Morgan fingerprint density at radius 1 is 1.46 bits per heavy atom. The summed E-state index contributed by atoms with van der Waals surface area (Å²) in [5.41, 5.74) is 5.07. The Balaban J connectivity index is 0.000000424. The molecule has 0 aliphatic carbocycles. The molecule has 72 valence electrons. The SMILES string of the molecule is CCO.NC(=O)c1ccccc1O. The van der Waals surface area contributed by atoms with Crippen LogP contribution in [-0.2, 0) is 0 Å². The van der Waals surface area contributed by atoms with Gasteiger partial charge in [-0.05, 0) is 19.1 Å². The van der Waals surface area contributed by atoms with Gasteiger partial charge in [0.05, 0.1) is 5.56 Å². The number of aliphatic hydroxyl groups is 1. The van der Waals surface area contributed by atoms with E-state index in [-0.39, 0.29) is 17.9 Å². The molecule has 0 aliphatic heterocycles. The van der Waals surface area contributed by atoms with Crippen LogP contribution in [0.4, 0.5) is 0 Å². The Labute approximate surface area is 76.6 Å². The molecule has 0 radical (unpaired) electrons. The van der Waals surface area contributed by atoms with Crippen molar-refractivity contribution in [1.29, 1.82) is 0 Å². The van der Waals surface area contributed by atoms with E-state index in [9.17, 15) is 4.79 Å². The minimum atomic E-state index is -0.613. The molecule has 4 nitrogen and oxygen atoms in total. The number of primary amides is 1. The molecule has 0 aliphatic rings. The molecular formula is C9H13NO3. The quantitative estimate of drug-likeness (QED) is 0.592. The van der Waals surface area contributed by atoms with Crippen molar-refractivity contribution in [2.45, 2.75) is 6.92 Å². The Morgan fingerprint density at radius 3 is 2.23 bits per heavy atom. The predicted octanol–water partition coefficient (Wildman–Crippen LogP) is 0.490. The molecule has 4 heteroatoms. The second-order valence-corrected chi connectivity index (χ2v) is 2.20. The van der Waals surface area contributed by atoms with Crippen molar-refractivity contribution in [3.05, 3.63) is 29.8 Å². The summed E-state index contributed by atoms with van der Waals surface area (Å²) in [6.07, 6.45) is 0. The van der Waals surface area contributed by atoms with Crippen LogP contribution in [0.2, 0.25) is 0 Å². The van der Waals surface area contributed by atoms with Crippen LogP contribution in [0, 0.1) is 0 Å². The number of nitrogens with two attached hydrogens (primary N) is 1. The molecule has 0 atom stereocenters. The van der Waals surface area contributed by atoms with Gasteiger partial charge in [0.1, 0.15) is 5.75 Å². The standard InChI is InChI=1S/C7H7NO2.C2H6O/c8-7(10)5-3-1-2-4-6(5)9;1-2-3/h1-4,9H,(H2,8,10);3H,2H2,1H3. The van der Waals surface area contributed by atoms with Gasteiger partial charge < -0.3 is 15.9 Å². The average Bonchev–Trinajstić information content (AvgIpc) is 2.06. The number of benzene rings is 1. The lowest BCUT2D eigenvalue weighted by atomic mass is 10.2. The van der Waals surface area contributed by atoms with Gasteiger partial charge in [0.25, 0.3) is 5.91 Å². The van der Waals surface area contributed by atoms with Crippen molar-refractivity contribution in [2.24, 2.45) is 5.73 Å². The van der Waals surface area contributed by atoms with Gasteiger partial charge in [-0.2, -0.15) is 0 Å². The molecular weight excluding hydrogens is 170 g/mol. The summed E-state index contributed by atoms with van der Waals surface area (Å²) in [6, 6.07) is 6.15. The number of hydrogen-bond donors (Lipinski definition) is 3. The molecule has 1 aromatic carbocycles. The van der Waals surface area contributed by atoms with E-state index in [1.54, 1.807) is 19.1 Å². The minimum absolute atomic E-state index is 0.0741. The second kappa shape index (κ2) is 6.02. The van der Waals surface area contributed by atoms with E-state index in [4.69, 9.17) is 15.9 Å². The molecule has 0 unspecified atom stereocenters. The zero-order chi connectivity index (χ0) is 10.3. The Kier molecular flexibility index (Phi) is 5.30. The second-order valence-electron chi connectivity index (χ2n) is 2.20. The highest BCUT2D eigenvalue weighted by molar-refractivity contribution is 5.95. The number of phenols is 1. The minimum Gasteiger partial charge on any atom is -0.507 e. The molecule has 13 heavy (non-hydrogen) atoms. The van der Waals surface area contributed by atoms with Crippen molar-refractivity contribution >= 4 is 5.91 Å². The molecule has 4 N–H and O–H groups in total. The third kappa shape index (κ3) is 4.12. The van der Waals surface area contributed by atoms with E-state index in [0.717, 1.165) is 0 Å². The van der Waals surface area contributed by atoms with Gasteiger partial charge in [-0.1, -0.05) is 12.1 Å². The maximum absolute atomic E-state index is 10.5. The van der Waals surface area contributed by atoms with Crippen LogP contribution >= 0.6 is 0 Å². The van der Waals surface area contributed by atoms with E-state index in [2.05, 4.69) is 0 Å². The molecule has 0 aromatic heterocycles. The average molecular weight is 183 g/mol. The molecule has 0 heterocycles. The van der Waals surface area contributed by atoms with Crippen LogP contribution < -0.4 is 5.73 Å². The smallest absolute Gasteiger partial charge is 0.252 e. The zero-order valence-corrected chi connectivity index (χ0v) is 7.40. The van der Waals surface area contributed by atoms with E-state index < -0.39 is 5.91 Å². The highest BCUT2D eigenvalue weighted by Gasteiger charge is 2.03. The molecule has 0 bridgehead atoms. The van der Waals surface area contributed by atoms with Crippen LogP contribution in [0.3, 0.4) is 0 Å². The number of amides is 1. The lowest BCUT2D eigenvalue weighted by Crippen LogP contribution is -2.10. The van der Waals surface area contributed by atoms with E-state index in [1.165, 1.54) is 12.1 Å². The van der Waals surface area contributed by atoms with Crippen molar-refractivity contribution in [1.82, 2.24) is 0 Å². The van der Waals surface area contributed by atoms with Gasteiger partial charge in [-0.3, -0.25) is 4.79 Å². The van der Waals surface area contributed by atoms with E-state index in [0.29, 0.717) is 0 Å². The Morgan fingerprint density at radius 2 is 1.92 bits per heavy atom. The number of carbonyl (C=O) groups excluding carboxylic acids is 1. The third-order valence-corrected chi connectivity index (χ3v) is 1.17. The molecule has 0 spiro atoms. The highest BCUT2D eigenvalue weighted by Crippen LogP contribution is 2.13. The fraction of sp³-hybridized carbons (Fsp3) is 0.222. The highest BCUT2D eigenvalue weighted by atomic mass is 16.3. The molecule has 0 fully saturated rings. The normalized spacial score (nSPS) is 8.46. The largest absolute Gasteiger partial charge is 0.507 e. The number of hydrogen-bond acceptors (Lipinski definition) is 3. The zero-order valence-electron chi connectivity index (χ0n) is 7.40. The summed E-state index contributed by atoms with van der Waals surface area (Å²) in [5.74, 6) is -0.687.